The number of nitrogens with one attached hydrogen (secondary N) is 1. The first-order valence-corrected chi connectivity index (χ1v) is 7.05. The van der Waals surface area contributed by atoms with Crippen LogP contribution in [0.4, 0.5) is 0 Å². The van der Waals surface area contributed by atoms with E-state index < -0.39 is 5.54 Å². The summed E-state index contributed by atoms with van der Waals surface area (Å²) in [6.07, 6.45) is 0.891. The molecule has 1 rings (SSSR count). The third-order valence-corrected chi connectivity index (χ3v) is 3.98. The smallest absolute Gasteiger partial charge is 0.244 e. The van der Waals surface area contributed by atoms with Crippen LogP contribution in [-0.4, -0.2) is 41.8 Å². The number of hydrogen-bond acceptors (Lipinski definition) is 3. The summed E-state index contributed by atoms with van der Waals surface area (Å²) in [4.78, 5) is 14.6. The van der Waals surface area contributed by atoms with Gasteiger partial charge in [-0.15, -0.1) is 0 Å². The van der Waals surface area contributed by atoms with Crippen LogP contribution in [0.2, 0.25) is 0 Å². The second-order valence-electron chi connectivity index (χ2n) is 5.69. The van der Waals surface area contributed by atoms with Gasteiger partial charge in [-0.25, -0.2) is 0 Å². The molecule has 0 aromatic carbocycles. The maximum atomic E-state index is 12.6. The lowest BCUT2D eigenvalue weighted by molar-refractivity contribution is -0.137. The van der Waals surface area contributed by atoms with E-state index in [1.54, 1.807) is 0 Å². The van der Waals surface area contributed by atoms with Crippen molar-refractivity contribution in [1.29, 1.82) is 0 Å². The molecule has 1 heterocycles. The summed E-state index contributed by atoms with van der Waals surface area (Å²) in [5, 5.41) is 3.41. The molecule has 4 nitrogen and oxygen atoms in total. The van der Waals surface area contributed by atoms with E-state index in [-0.39, 0.29) is 18.1 Å². The van der Waals surface area contributed by atoms with Gasteiger partial charge < -0.3 is 9.64 Å². The zero-order valence-electron chi connectivity index (χ0n) is 12.6. The Kier molecular flexibility index (Phi) is 5.17. The first-order chi connectivity index (χ1) is 8.37. The van der Waals surface area contributed by atoms with E-state index in [9.17, 15) is 4.79 Å². The molecule has 0 bridgehead atoms. The van der Waals surface area contributed by atoms with E-state index in [0.29, 0.717) is 19.1 Å². The van der Waals surface area contributed by atoms with Crippen molar-refractivity contribution in [2.75, 3.05) is 13.2 Å². The minimum Gasteiger partial charge on any atom is -0.380 e. The highest BCUT2D eigenvalue weighted by atomic mass is 16.5. The largest absolute Gasteiger partial charge is 0.380 e. The standard InChI is InChI=1S/C14H28N2O2/c1-7-14(6)13(17)16(11(5)15-14)12(10(3)4)9-18-8-2/h10-12,15H,7-9H2,1-6H3. The summed E-state index contributed by atoms with van der Waals surface area (Å²) in [5.74, 6) is 0.597. The second-order valence-corrected chi connectivity index (χ2v) is 5.69. The Labute approximate surface area is 111 Å². The molecule has 1 N–H and O–H groups in total. The minimum absolute atomic E-state index is 0.0790. The zero-order valence-corrected chi connectivity index (χ0v) is 12.6. The molecule has 1 fully saturated rings. The van der Waals surface area contributed by atoms with Crippen molar-refractivity contribution in [2.24, 2.45) is 5.92 Å². The number of nitrogens with zero attached hydrogens (tertiary/aromatic N) is 1. The molecule has 1 aliphatic heterocycles. The predicted octanol–water partition coefficient (Wildman–Crippen LogP) is 1.99. The molecule has 18 heavy (non-hydrogen) atoms. The minimum atomic E-state index is -0.418. The van der Waals surface area contributed by atoms with Gasteiger partial charge in [0.1, 0.15) is 0 Å². The molecule has 3 atom stereocenters. The molecule has 0 aliphatic carbocycles. The molecule has 1 saturated heterocycles. The molecule has 1 aliphatic rings. The predicted molar refractivity (Wildman–Crippen MR) is 73.3 cm³/mol. The van der Waals surface area contributed by atoms with Crippen LogP contribution in [0.1, 0.15) is 48.0 Å². The summed E-state index contributed by atoms with van der Waals surface area (Å²) in [7, 11) is 0. The Morgan fingerprint density at radius 2 is 2.06 bits per heavy atom. The molecular weight excluding hydrogens is 228 g/mol. The van der Waals surface area contributed by atoms with Crippen molar-refractivity contribution in [3.05, 3.63) is 0 Å². The second kappa shape index (κ2) is 6.02. The molecule has 106 valence electrons. The van der Waals surface area contributed by atoms with Crippen molar-refractivity contribution < 1.29 is 9.53 Å². The van der Waals surface area contributed by atoms with Crippen LogP contribution in [0.15, 0.2) is 0 Å². The Bertz CT molecular complexity index is 294. The van der Waals surface area contributed by atoms with Crippen LogP contribution < -0.4 is 5.32 Å². The quantitative estimate of drug-likeness (QED) is 0.790. The SMILES string of the molecule is CCOCC(C(C)C)N1C(=O)C(C)(CC)NC1C. The maximum Gasteiger partial charge on any atom is 0.244 e. The lowest BCUT2D eigenvalue weighted by atomic mass is 9.97. The third kappa shape index (κ3) is 2.86. The summed E-state index contributed by atoms with van der Waals surface area (Å²) in [6.45, 7) is 13.7. The summed E-state index contributed by atoms with van der Waals surface area (Å²) >= 11 is 0. The first-order valence-electron chi connectivity index (χ1n) is 7.05. The summed E-state index contributed by atoms with van der Waals surface area (Å²) in [6, 6.07) is 0.147. The van der Waals surface area contributed by atoms with E-state index >= 15 is 0 Å². The van der Waals surface area contributed by atoms with Crippen LogP contribution >= 0.6 is 0 Å². The fraction of sp³-hybridized carbons (Fsp3) is 0.929. The van der Waals surface area contributed by atoms with E-state index in [4.69, 9.17) is 4.74 Å². The molecule has 0 spiro atoms. The monoisotopic (exact) mass is 256 g/mol. The van der Waals surface area contributed by atoms with Crippen LogP contribution in [-0.2, 0) is 9.53 Å². The molecule has 0 radical (unpaired) electrons. The molecule has 3 unspecified atom stereocenters. The highest BCUT2D eigenvalue weighted by Crippen LogP contribution is 2.27. The molecule has 0 saturated carbocycles. The van der Waals surface area contributed by atoms with Gasteiger partial charge in [0.05, 0.1) is 24.4 Å². The number of carbonyl (C=O) groups excluding carboxylic acids is 1. The highest BCUT2D eigenvalue weighted by molar-refractivity contribution is 5.88. The molecule has 0 aromatic heterocycles. The lowest BCUT2D eigenvalue weighted by Crippen LogP contribution is -2.49. The Balaban J connectivity index is 2.88. The van der Waals surface area contributed by atoms with Gasteiger partial charge >= 0.3 is 0 Å². The van der Waals surface area contributed by atoms with Crippen LogP contribution in [0, 0.1) is 5.92 Å². The van der Waals surface area contributed by atoms with Gasteiger partial charge in [0.15, 0.2) is 0 Å². The van der Waals surface area contributed by atoms with Gasteiger partial charge in [0.25, 0.3) is 0 Å². The summed E-state index contributed by atoms with van der Waals surface area (Å²) < 4.78 is 5.55. The first kappa shape index (κ1) is 15.4. The summed E-state index contributed by atoms with van der Waals surface area (Å²) in [5.41, 5.74) is -0.418. The molecule has 1 amide bonds. The van der Waals surface area contributed by atoms with Crippen molar-refractivity contribution in [1.82, 2.24) is 10.2 Å². The van der Waals surface area contributed by atoms with Gasteiger partial charge in [-0.1, -0.05) is 20.8 Å². The van der Waals surface area contributed by atoms with E-state index in [0.717, 1.165) is 6.42 Å². The number of amides is 1. The van der Waals surface area contributed by atoms with Gasteiger partial charge in [0, 0.05) is 6.61 Å². The maximum absolute atomic E-state index is 12.6. The lowest BCUT2D eigenvalue weighted by Gasteiger charge is -2.34. The van der Waals surface area contributed by atoms with Crippen LogP contribution in [0.5, 0.6) is 0 Å². The van der Waals surface area contributed by atoms with Gasteiger partial charge in [-0.05, 0) is 33.1 Å². The van der Waals surface area contributed by atoms with Crippen molar-refractivity contribution >= 4 is 5.91 Å². The van der Waals surface area contributed by atoms with Gasteiger partial charge in [-0.2, -0.15) is 0 Å². The Morgan fingerprint density at radius 1 is 1.44 bits per heavy atom. The topological polar surface area (TPSA) is 41.6 Å². The van der Waals surface area contributed by atoms with Crippen molar-refractivity contribution in [3.8, 4) is 0 Å². The highest BCUT2D eigenvalue weighted by Gasteiger charge is 2.47. The normalized spacial score (nSPS) is 30.3. The Morgan fingerprint density at radius 3 is 2.44 bits per heavy atom. The average molecular weight is 256 g/mol. The molecule has 4 heteroatoms. The zero-order chi connectivity index (χ0) is 13.9. The fourth-order valence-electron chi connectivity index (χ4n) is 2.58. The van der Waals surface area contributed by atoms with E-state index in [1.807, 2.05) is 25.7 Å². The van der Waals surface area contributed by atoms with Gasteiger partial charge in [-0.3, -0.25) is 10.1 Å². The third-order valence-electron chi connectivity index (χ3n) is 3.98. The van der Waals surface area contributed by atoms with Gasteiger partial charge in [0.2, 0.25) is 5.91 Å². The van der Waals surface area contributed by atoms with Crippen LogP contribution in [0.3, 0.4) is 0 Å². The van der Waals surface area contributed by atoms with Crippen molar-refractivity contribution in [3.63, 3.8) is 0 Å². The van der Waals surface area contributed by atoms with E-state index in [1.165, 1.54) is 0 Å². The molecular formula is C14H28N2O2. The van der Waals surface area contributed by atoms with Crippen molar-refractivity contribution in [2.45, 2.75) is 65.7 Å². The number of carbonyl (C=O) groups is 1. The van der Waals surface area contributed by atoms with Crippen LogP contribution in [0.25, 0.3) is 0 Å². The average Bonchev–Trinajstić information content (AvgIpc) is 2.53. The van der Waals surface area contributed by atoms with E-state index in [2.05, 4.69) is 26.1 Å². The number of ether oxygens (including phenoxy) is 1. The fourth-order valence-corrected chi connectivity index (χ4v) is 2.58. The number of hydrogen-bond donors (Lipinski definition) is 1. The number of rotatable bonds is 6. The Hall–Kier alpha value is -0.610. The molecule has 0 aromatic rings.